The van der Waals surface area contributed by atoms with Gasteiger partial charge in [-0.1, -0.05) is 6.07 Å². The number of pyridine rings is 1. The van der Waals surface area contributed by atoms with Crippen LogP contribution < -0.4 is 4.74 Å². The van der Waals surface area contributed by atoms with E-state index in [0.29, 0.717) is 13.2 Å². The van der Waals surface area contributed by atoms with Crippen molar-refractivity contribution in [1.29, 1.82) is 0 Å². The number of ether oxygens (including phenoxy) is 2. The summed E-state index contributed by atoms with van der Waals surface area (Å²) >= 11 is 0. The van der Waals surface area contributed by atoms with Crippen LogP contribution in [0.4, 0.5) is 0 Å². The molecule has 0 aliphatic carbocycles. The van der Waals surface area contributed by atoms with Gasteiger partial charge in [0.25, 0.3) is 0 Å². The van der Waals surface area contributed by atoms with E-state index in [2.05, 4.69) is 34.9 Å². The predicted molar refractivity (Wildman–Crippen MR) is 113 cm³/mol. The first kappa shape index (κ1) is 20.4. The van der Waals surface area contributed by atoms with Crippen LogP contribution in [0.25, 0.3) is 0 Å². The van der Waals surface area contributed by atoms with Gasteiger partial charge < -0.3 is 9.47 Å². The van der Waals surface area contributed by atoms with E-state index in [9.17, 15) is 0 Å². The van der Waals surface area contributed by atoms with E-state index < -0.39 is 0 Å². The van der Waals surface area contributed by atoms with E-state index in [0.717, 1.165) is 56.4 Å². The molecule has 4 rings (SSSR count). The summed E-state index contributed by atoms with van der Waals surface area (Å²) < 4.78 is 13.8. The minimum atomic E-state index is 0.284. The number of hydrogen-bond acceptors (Lipinski definition) is 5. The zero-order valence-electron chi connectivity index (χ0n) is 18.1. The van der Waals surface area contributed by atoms with Crippen LogP contribution in [0.5, 0.6) is 5.88 Å². The number of aryl methyl sites for hydroxylation is 3. The van der Waals surface area contributed by atoms with Gasteiger partial charge in [0, 0.05) is 36.6 Å². The third kappa shape index (κ3) is 4.81. The molecule has 1 fully saturated rings. The minimum Gasteiger partial charge on any atom is -0.475 e. The highest BCUT2D eigenvalue weighted by Gasteiger charge is 2.35. The average molecular weight is 399 g/mol. The van der Waals surface area contributed by atoms with E-state index >= 15 is 0 Å². The van der Waals surface area contributed by atoms with Gasteiger partial charge in [-0.3, -0.25) is 9.58 Å². The number of piperidine rings is 1. The molecule has 0 unspecified atom stereocenters. The number of aromatic nitrogens is 3. The number of hydrogen-bond donors (Lipinski definition) is 0. The van der Waals surface area contributed by atoms with Crippen molar-refractivity contribution >= 4 is 0 Å². The van der Waals surface area contributed by atoms with Crippen molar-refractivity contribution in [2.24, 2.45) is 12.5 Å². The highest BCUT2D eigenvalue weighted by atomic mass is 16.5. The Morgan fingerprint density at radius 2 is 1.93 bits per heavy atom. The Bertz CT molecular complexity index is 824. The Balaban J connectivity index is 1.38. The third-order valence-corrected chi connectivity index (χ3v) is 6.76. The van der Waals surface area contributed by atoms with Crippen LogP contribution in [-0.4, -0.2) is 52.6 Å². The summed E-state index contributed by atoms with van der Waals surface area (Å²) in [6, 6.07) is 6.09. The first-order valence-electron chi connectivity index (χ1n) is 10.9. The van der Waals surface area contributed by atoms with Crippen LogP contribution in [0.1, 0.15) is 48.3 Å². The van der Waals surface area contributed by atoms with Crippen LogP contribution >= 0.6 is 0 Å². The SMILES string of the molecule is Cc1nn(C)c(C)c1CN1CCC2(CCCc3cccc(n3)OCCOC2)CC1. The topological polar surface area (TPSA) is 52.4 Å². The van der Waals surface area contributed by atoms with Gasteiger partial charge in [-0.05, 0) is 70.5 Å². The molecule has 6 heteroatoms. The maximum absolute atomic E-state index is 6.08. The summed E-state index contributed by atoms with van der Waals surface area (Å²) in [5.74, 6) is 0.718. The Hall–Kier alpha value is -1.92. The van der Waals surface area contributed by atoms with E-state index in [4.69, 9.17) is 9.47 Å². The van der Waals surface area contributed by atoms with Crippen molar-refractivity contribution in [3.8, 4) is 5.88 Å². The van der Waals surface area contributed by atoms with Gasteiger partial charge in [-0.15, -0.1) is 0 Å². The molecule has 0 amide bonds. The zero-order valence-corrected chi connectivity index (χ0v) is 18.1. The molecule has 2 aliphatic rings. The molecule has 0 atom stereocenters. The highest BCUT2D eigenvalue weighted by Crippen LogP contribution is 2.38. The Labute approximate surface area is 174 Å². The molecule has 2 bridgehead atoms. The molecule has 0 N–H and O–H groups in total. The molecule has 158 valence electrons. The van der Waals surface area contributed by atoms with E-state index in [1.165, 1.54) is 30.5 Å². The number of rotatable bonds is 2. The van der Waals surface area contributed by atoms with Crippen molar-refractivity contribution < 1.29 is 9.47 Å². The van der Waals surface area contributed by atoms with E-state index in [1.807, 2.05) is 23.9 Å². The number of nitrogens with zero attached hydrogens (tertiary/aromatic N) is 4. The van der Waals surface area contributed by atoms with Gasteiger partial charge in [0.2, 0.25) is 5.88 Å². The fraction of sp³-hybridized carbons (Fsp3) is 0.652. The van der Waals surface area contributed by atoms with Crippen LogP contribution in [0.3, 0.4) is 0 Å². The lowest BCUT2D eigenvalue weighted by Gasteiger charge is -2.42. The molecule has 2 aromatic heterocycles. The van der Waals surface area contributed by atoms with Gasteiger partial charge >= 0.3 is 0 Å². The Morgan fingerprint density at radius 3 is 2.69 bits per heavy atom. The molecule has 6 nitrogen and oxygen atoms in total. The van der Waals surface area contributed by atoms with Gasteiger partial charge in [-0.2, -0.15) is 5.10 Å². The molecule has 0 aromatic carbocycles. The summed E-state index contributed by atoms with van der Waals surface area (Å²) in [5, 5.41) is 4.58. The molecular weight excluding hydrogens is 364 g/mol. The normalized spacial score (nSPS) is 20.7. The first-order valence-corrected chi connectivity index (χ1v) is 10.9. The summed E-state index contributed by atoms with van der Waals surface area (Å²) in [6.45, 7) is 9.60. The summed E-state index contributed by atoms with van der Waals surface area (Å²) in [7, 11) is 2.04. The van der Waals surface area contributed by atoms with Crippen molar-refractivity contribution in [1.82, 2.24) is 19.7 Å². The third-order valence-electron chi connectivity index (χ3n) is 6.76. The predicted octanol–water partition coefficient (Wildman–Crippen LogP) is 3.45. The van der Waals surface area contributed by atoms with Crippen molar-refractivity contribution in [2.45, 2.75) is 52.5 Å². The molecule has 4 heterocycles. The van der Waals surface area contributed by atoms with Gasteiger partial charge in [0.15, 0.2) is 0 Å². The lowest BCUT2D eigenvalue weighted by atomic mass is 9.75. The highest BCUT2D eigenvalue weighted by molar-refractivity contribution is 5.24. The lowest BCUT2D eigenvalue weighted by Crippen LogP contribution is -2.42. The average Bonchev–Trinajstić information content (AvgIpc) is 2.95. The Kier molecular flexibility index (Phi) is 6.20. The standard InChI is InChI=1S/C23H34N4O2/c1-18-21(19(2)26(3)25-18)16-27-12-10-23(11-13-27)9-5-7-20-6-4-8-22(24-20)29-15-14-28-17-23/h4,6,8H,5,7,9-17H2,1-3H3. The van der Waals surface area contributed by atoms with Crippen molar-refractivity contribution in [3.05, 3.63) is 40.8 Å². The van der Waals surface area contributed by atoms with Crippen LogP contribution in [-0.2, 0) is 24.8 Å². The maximum Gasteiger partial charge on any atom is 0.213 e. The molecular formula is C23H34N4O2. The van der Waals surface area contributed by atoms with Crippen LogP contribution in [0.15, 0.2) is 18.2 Å². The van der Waals surface area contributed by atoms with E-state index in [-0.39, 0.29) is 5.41 Å². The Morgan fingerprint density at radius 1 is 1.10 bits per heavy atom. The summed E-state index contributed by atoms with van der Waals surface area (Å²) in [5.41, 5.74) is 5.26. The second-order valence-corrected chi connectivity index (χ2v) is 8.77. The van der Waals surface area contributed by atoms with Crippen LogP contribution in [0, 0.1) is 19.3 Å². The fourth-order valence-electron chi connectivity index (χ4n) is 4.74. The second-order valence-electron chi connectivity index (χ2n) is 8.77. The molecule has 1 saturated heterocycles. The second kappa shape index (κ2) is 8.84. The number of likely N-dealkylation sites (tertiary alicyclic amines) is 1. The first-order chi connectivity index (χ1) is 14.0. The minimum absolute atomic E-state index is 0.284. The van der Waals surface area contributed by atoms with Crippen molar-refractivity contribution in [3.63, 3.8) is 0 Å². The van der Waals surface area contributed by atoms with Gasteiger partial charge in [0.1, 0.15) is 6.61 Å². The molecule has 2 aliphatic heterocycles. The van der Waals surface area contributed by atoms with E-state index in [1.54, 1.807) is 0 Å². The molecule has 0 saturated carbocycles. The largest absolute Gasteiger partial charge is 0.475 e. The quantitative estimate of drug-likeness (QED) is 0.776. The van der Waals surface area contributed by atoms with Crippen LogP contribution in [0.2, 0.25) is 0 Å². The monoisotopic (exact) mass is 398 g/mol. The fourth-order valence-corrected chi connectivity index (χ4v) is 4.74. The smallest absolute Gasteiger partial charge is 0.213 e. The van der Waals surface area contributed by atoms with Gasteiger partial charge in [-0.25, -0.2) is 4.98 Å². The summed E-state index contributed by atoms with van der Waals surface area (Å²) in [4.78, 5) is 7.21. The molecule has 0 radical (unpaired) electrons. The molecule has 2 aromatic rings. The summed E-state index contributed by atoms with van der Waals surface area (Å²) in [6.07, 6.45) is 5.76. The van der Waals surface area contributed by atoms with Crippen molar-refractivity contribution in [2.75, 3.05) is 32.9 Å². The van der Waals surface area contributed by atoms with Gasteiger partial charge in [0.05, 0.1) is 18.9 Å². The maximum atomic E-state index is 6.08. The lowest BCUT2D eigenvalue weighted by molar-refractivity contribution is -0.0159. The molecule has 29 heavy (non-hydrogen) atoms. The number of fused-ring (bicyclic) bond motifs is 2. The molecule has 1 spiro atoms. The zero-order chi connectivity index (χ0) is 20.3.